The van der Waals surface area contributed by atoms with Crippen molar-refractivity contribution in [3.63, 3.8) is 0 Å². The van der Waals surface area contributed by atoms with Gasteiger partial charge in [-0.2, -0.15) is 13.2 Å². The molecule has 2 aromatic heterocycles. The molecule has 1 aliphatic carbocycles. The van der Waals surface area contributed by atoms with Crippen molar-refractivity contribution in [1.29, 1.82) is 0 Å². The van der Waals surface area contributed by atoms with Crippen LogP contribution >= 0.6 is 0 Å². The van der Waals surface area contributed by atoms with Crippen molar-refractivity contribution < 1.29 is 22.4 Å². The van der Waals surface area contributed by atoms with Crippen LogP contribution in [0.15, 0.2) is 49.1 Å². The highest BCUT2D eigenvalue weighted by molar-refractivity contribution is 6.00. The zero-order chi connectivity index (χ0) is 23.9. The highest BCUT2D eigenvalue weighted by atomic mass is 19.4. The van der Waals surface area contributed by atoms with Crippen LogP contribution in [0.5, 0.6) is 0 Å². The van der Waals surface area contributed by atoms with Crippen molar-refractivity contribution >= 4 is 11.7 Å². The Morgan fingerprint density at radius 2 is 1.85 bits per heavy atom. The number of nitrogens with one attached hydrogen (secondary N) is 1. The van der Waals surface area contributed by atoms with Crippen LogP contribution < -0.4 is 5.32 Å². The van der Waals surface area contributed by atoms with Gasteiger partial charge in [0.25, 0.3) is 5.91 Å². The predicted molar refractivity (Wildman–Crippen MR) is 114 cm³/mol. The molecule has 1 saturated carbocycles. The number of halogens is 4. The standard InChI is InChI=1S/C23H20F4N6O/c24-14-3-4-15(16(9-14)21-28-6-1-7-29-21)22(34)33-12-13-2-5-18(33)17(8-13)32-20-11-30-19(10-31-20)23(25,26)27/h1,3-4,6-7,9-11,13,17-18H,2,5,8,12H2,(H,31,32). The number of piperidine rings is 2. The van der Waals surface area contributed by atoms with E-state index in [0.29, 0.717) is 23.9 Å². The minimum atomic E-state index is -4.56. The summed E-state index contributed by atoms with van der Waals surface area (Å²) < 4.78 is 52.4. The Bertz CT molecular complexity index is 1190. The zero-order valence-electron chi connectivity index (χ0n) is 17.8. The maximum atomic E-state index is 14.0. The number of carbonyl (C=O) groups is 1. The largest absolute Gasteiger partial charge is 0.434 e. The maximum absolute atomic E-state index is 14.0. The molecule has 7 nitrogen and oxygen atoms in total. The first-order valence-corrected chi connectivity index (χ1v) is 10.8. The van der Waals surface area contributed by atoms with Crippen molar-refractivity contribution in [2.75, 3.05) is 11.9 Å². The van der Waals surface area contributed by atoms with Crippen LogP contribution in [0.2, 0.25) is 0 Å². The van der Waals surface area contributed by atoms with Gasteiger partial charge in [0.1, 0.15) is 11.6 Å². The first kappa shape index (κ1) is 22.2. The van der Waals surface area contributed by atoms with Crippen molar-refractivity contribution in [3.05, 3.63) is 66.1 Å². The Hall–Kier alpha value is -3.63. The van der Waals surface area contributed by atoms with Gasteiger partial charge in [-0.1, -0.05) is 0 Å². The third-order valence-corrected chi connectivity index (χ3v) is 6.33. The van der Waals surface area contributed by atoms with Crippen molar-refractivity contribution in [1.82, 2.24) is 24.8 Å². The number of anilines is 1. The Morgan fingerprint density at radius 1 is 1.06 bits per heavy atom. The van der Waals surface area contributed by atoms with E-state index in [4.69, 9.17) is 0 Å². The second kappa shape index (κ2) is 8.62. The number of rotatable bonds is 4. The van der Waals surface area contributed by atoms with Gasteiger partial charge < -0.3 is 10.2 Å². The molecule has 4 heterocycles. The molecule has 2 bridgehead atoms. The van der Waals surface area contributed by atoms with Gasteiger partial charge in [0.15, 0.2) is 11.5 Å². The number of hydrogen-bond donors (Lipinski definition) is 1. The van der Waals surface area contributed by atoms with Crippen LogP contribution in [0.4, 0.5) is 23.4 Å². The number of aromatic nitrogens is 4. The lowest BCUT2D eigenvalue weighted by molar-refractivity contribution is -0.141. The molecule has 0 spiro atoms. The molecular formula is C23H20F4N6O. The van der Waals surface area contributed by atoms with E-state index in [9.17, 15) is 22.4 Å². The summed E-state index contributed by atoms with van der Waals surface area (Å²) in [6, 6.07) is 5.16. The molecule has 3 unspecified atom stereocenters. The first-order valence-electron chi connectivity index (χ1n) is 10.8. The van der Waals surface area contributed by atoms with Crippen LogP contribution in [-0.4, -0.2) is 49.4 Å². The molecular weight excluding hydrogens is 452 g/mol. The second-order valence-electron chi connectivity index (χ2n) is 8.50. The van der Waals surface area contributed by atoms with E-state index in [-0.39, 0.29) is 35.6 Å². The molecule has 1 aromatic carbocycles. The van der Waals surface area contributed by atoms with Crippen LogP contribution in [-0.2, 0) is 6.18 Å². The zero-order valence-corrected chi connectivity index (χ0v) is 17.8. The molecule has 1 amide bonds. The molecule has 34 heavy (non-hydrogen) atoms. The third-order valence-electron chi connectivity index (χ3n) is 6.33. The summed E-state index contributed by atoms with van der Waals surface area (Å²) >= 11 is 0. The lowest BCUT2D eigenvalue weighted by atomic mass is 9.76. The van der Waals surface area contributed by atoms with Crippen LogP contribution in [0, 0.1) is 11.7 Å². The smallest absolute Gasteiger partial charge is 0.364 e. The number of benzene rings is 1. The van der Waals surface area contributed by atoms with Crippen LogP contribution in [0.25, 0.3) is 11.4 Å². The molecule has 1 N–H and O–H groups in total. The fourth-order valence-corrected chi connectivity index (χ4v) is 4.80. The molecule has 3 fully saturated rings. The summed E-state index contributed by atoms with van der Waals surface area (Å²) in [4.78, 5) is 31.0. The predicted octanol–water partition coefficient (Wildman–Crippen LogP) is 4.20. The molecule has 0 radical (unpaired) electrons. The molecule has 3 aromatic rings. The van der Waals surface area contributed by atoms with E-state index in [1.807, 2.05) is 0 Å². The summed E-state index contributed by atoms with van der Waals surface area (Å²) in [6.45, 7) is 0.548. The minimum Gasteiger partial charge on any atom is -0.364 e. The molecule has 2 aliphatic heterocycles. The summed E-state index contributed by atoms with van der Waals surface area (Å²) in [5.74, 6) is -0.0622. The molecule has 2 saturated heterocycles. The van der Waals surface area contributed by atoms with E-state index >= 15 is 0 Å². The van der Waals surface area contributed by atoms with Gasteiger partial charge in [-0.15, -0.1) is 0 Å². The highest BCUT2D eigenvalue weighted by Crippen LogP contribution is 2.38. The van der Waals surface area contributed by atoms with E-state index < -0.39 is 17.7 Å². The molecule has 6 rings (SSSR count). The minimum absolute atomic E-state index is 0.195. The Balaban J connectivity index is 1.40. The topological polar surface area (TPSA) is 83.9 Å². The number of hydrogen-bond acceptors (Lipinski definition) is 6. The quantitative estimate of drug-likeness (QED) is 0.573. The number of fused-ring (bicyclic) bond motifs is 3. The number of nitrogens with zero attached hydrogens (tertiary/aromatic N) is 5. The second-order valence-corrected chi connectivity index (χ2v) is 8.50. The Labute approximate surface area is 192 Å². The lowest BCUT2D eigenvalue weighted by Crippen LogP contribution is -2.59. The normalized spacial score (nSPS) is 22.0. The lowest BCUT2D eigenvalue weighted by Gasteiger charge is -2.50. The van der Waals surface area contributed by atoms with Gasteiger partial charge in [0.05, 0.1) is 24.0 Å². The SMILES string of the molecule is O=C(c1ccc(F)cc1-c1ncccn1)N1CC2CCC1C(Nc1cnc(C(F)(F)F)cn1)C2. The van der Waals surface area contributed by atoms with Gasteiger partial charge in [-0.3, -0.25) is 4.79 Å². The van der Waals surface area contributed by atoms with Crippen LogP contribution in [0.1, 0.15) is 35.3 Å². The Morgan fingerprint density at radius 3 is 2.53 bits per heavy atom. The van der Waals surface area contributed by atoms with E-state index in [1.54, 1.807) is 11.0 Å². The first-order chi connectivity index (χ1) is 16.3. The summed E-state index contributed by atoms with van der Waals surface area (Å²) in [5, 5.41) is 3.16. The maximum Gasteiger partial charge on any atom is 0.434 e. The van der Waals surface area contributed by atoms with E-state index in [1.165, 1.54) is 30.6 Å². The molecule has 11 heteroatoms. The third kappa shape index (κ3) is 4.29. The van der Waals surface area contributed by atoms with Gasteiger partial charge in [0.2, 0.25) is 0 Å². The molecule has 3 aliphatic rings. The van der Waals surface area contributed by atoms with Gasteiger partial charge in [0, 0.05) is 30.5 Å². The van der Waals surface area contributed by atoms with Gasteiger partial charge in [-0.05, 0) is 49.4 Å². The van der Waals surface area contributed by atoms with Gasteiger partial charge in [-0.25, -0.2) is 24.3 Å². The summed E-state index contributed by atoms with van der Waals surface area (Å²) in [7, 11) is 0. The van der Waals surface area contributed by atoms with Gasteiger partial charge >= 0.3 is 6.18 Å². The molecule has 176 valence electrons. The number of amides is 1. The average Bonchev–Trinajstić information content (AvgIpc) is 2.84. The monoisotopic (exact) mass is 472 g/mol. The summed E-state index contributed by atoms with van der Waals surface area (Å²) in [6.07, 6.45) is 2.68. The average molecular weight is 472 g/mol. The highest BCUT2D eigenvalue weighted by Gasteiger charge is 2.43. The molecule has 3 atom stereocenters. The van der Waals surface area contributed by atoms with Crippen molar-refractivity contribution in [2.45, 2.75) is 37.5 Å². The fourth-order valence-electron chi connectivity index (χ4n) is 4.80. The van der Waals surface area contributed by atoms with E-state index in [2.05, 4.69) is 25.3 Å². The number of alkyl halides is 3. The number of carbonyl (C=O) groups excluding carboxylic acids is 1. The Kier molecular flexibility index (Phi) is 5.62. The van der Waals surface area contributed by atoms with Crippen molar-refractivity contribution in [3.8, 4) is 11.4 Å². The van der Waals surface area contributed by atoms with Crippen LogP contribution in [0.3, 0.4) is 0 Å². The summed E-state index contributed by atoms with van der Waals surface area (Å²) in [5.41, 5.74) is -0.453. The van der Waals surface area contributed by atoms with E-state index in [0.717, 1.165) is 25.5 Å². The fraction of sp³-hybridized carbons (Fsp3) is 0.348. The van der Waals surface area contributed by atoms with Crippen molar-refractivity contribution in [2.24, 2.45) is 5.92 Å².